The van der Waals surface area contributed by atoms with Crippen LogP contribution in [0.2, 0.25) is 5.02 Å². The molecule has 0 radical (unpaired) electrons. The Hall–Kier alpha value is -2.01. The van der Waals surface area contributed by atoms with E-state index in [0.717, 1.165) is 5.56 Å². The fourth-order valence-electron chi connectivity index (χ4n) is 2.00. The van der Waals surface area contributed by atoms with Crippen molar-refractivity contribution >= 4 is 17.7 Å². The lowest BCUT2D eigenvalue weighted by Gasteiger charge is -2.23. The zero-order valence-corrected chi connectivity index (χ0v) is 13.6. The van der Waals surface area contributed by atoms with Gasteiger partial charge in [-0.25, -0.2) is 4.79 Å². The first-order chi connectivity index (χ1) is 10.3. The van der Waals surface area contributed by atoms with Crippen molar-refractivity contribution in [2.75, 3.05) is 0 Å². The number of rotatable bonds is 4. The van der Waals surface area contributed by atoms with Crippen molar-refractivity contribution in [3.05, 3.63) is 52.8 Å². The van der Waals surface area contributed by atoms with Crippen molar-refractivity contribution in [3.63, 3.8) is 0 Å². The number of halogens is 1. The van der Waals surface area contributed by atoms with E-state index >= 15 is 0 Å². The first-order valence-corrected chi connectivity index (χ1v) is 7.44. The maximum absolute atomic E-state index is 12.0. The van der Waals surface area contributed by atoms with Crippen molar-refractivity contribution in [2.24, 2.45) is 0 Å². The van der Waals surface area contributed by atoms with E-state index in [0.29, 0.717) is 17.1 Å². The molecule has 2 rings (SSSR count). The van der Waals surface area contributed by atoms with Gasteiger partial charge in [0.15, 0.2) is 6.10 Å². The van der Waals surface area contributed by atoms with Gasteiger partial charge in [0.1, 0.15) is 5.69 Å². The summed E-state index contributed by atoms with van der Waals surface area (Å²) in [6.07, 6.45) is 1.25. The van der Waals surface area contributed by atoms with Gasteiger partial charge in [-0.2, -0.15) is 5.10 Å². The number of hydrogen-bond acceptors (Lipinski definition) is 3. The molecule has 118 valence electrons. The summed E-state index contributed by atoms with van der Waals surface area (Å²) in [5.74, 6) is 0. The van der Waals surface area contributed by atoms with Gasteiger partial charge in [0.25, 0.3) is 0 Å². The van der Waals surface area contributed by atoms with Crippen molar-refractivity contribution in [3.8, 4) is 0 Å². The number of carbonyl (C=O) groups is 1. The van der Waals surface area contributed by atoms with Crippen LogP contribution >= 0.6 is 11.6 Å². The minimum absolute atomic E-state index is 0.358. The van der Waals surface area contributed by atoms with Gasteiger partial charge in [-0.05, 0) is 44.5 Å². The van der Waals surface area contributed by atoms with E-state index in [1.54, 1.807) is 12.3 Å². The van der Waals surface area contributed by atoms with Crippen LogP contribution in [0, 0.1) is 0 Å². The molecule has 0 saturated heterocycles. The Labute approximate surface area is 135 Å². The summed E-state index contributed by atoms with van der Waals surface area (Å²) in [5.41, 5.74) is 1.29. The van der Waals surface area contributed by atoms with Crippen LogP contribution in [0.1, 0.15) is 38.1 Å². The molecule has 0 unspecified atom stereocenters. The zero-order chi connectivity index (χ0) is 16.2. The molecule has 0 saturated carbocycles. The SMILES string of the molecule is CC(C)(C)NC(=O)O[C@@H](Cc1cccc(Cl)c1)c1cc[nH]n1. The molecule has 0 bridgehead atoms. The second-order valence-corrected chi connectivity index (χ2v) is 6.54. The molecular weight excluding hydrogens is 302 g/mol. The number of nitrogens with zero attached hydrogens (tertiary/aromatic N) is 1. The number of carbonyl (C=O) groups excluding carboxylic acids is 1. The highest BCUT2D eigenvalue weighted by molar-refractivity contribution is 6.30. The van der Waals surface area contributed by atoms with Gasteiger partial charge < -0.3 is 10.1 Å². The number of aromatic amines is 1. The second-order valence-electron chi connectivity index (χ2n) is 6.10. The predicted molar refractivity (Wildman–Crippen MR) is 85.9 cm³/mol. The summed E-state index contributed by atoms with van der Waals surface area (Å²) in [6, 6.07) is 9.26. The molecule has 6 heteroatoms. The average Bonchev–Trinajstić information content (AvgIpc) is 2.89. The fraction of sp³-hybridized carbons (Fsp3) is 0.375. The minimum Gasteiger partial charge on any atom is -0.439 e. The summed E-state index contributed by atoms with van der Waals surface area (Å²) in [6.45, 7) is 5.69. The van der Waals surface area contributed by atoms with Crippen molar-refractivity contribution in [1.29, 1.82) is 0 Å². The van der Waals surface area contributed by atoms with E-state index < -0.39 is 12.2 Å². The maximum atomic E-state index is 12.0. The van der Waals surface area contributed by atoms with Gasteiger partial charge in [0, 0.05) is 23.2 Å². The molecule has 1 aromatic heterocycles. The summed E-state index contributed by atoms with van der Waals surface area (Å²) < 4.78 is 5.54. The van der Waals surface area contributed by atoms with Gasteiger partial charge in [-0.1, -0.05) is 23.7 Å². The van der Waals surface area contributed by atoms with Crippen LogP contribution in [0.5, 0.6) is 0 Å². The normalized spacial score (nSPS) is 12.7. The highest BCUT2D eigenvalue weighted by Crippen LogP contribution is 2.22. The molecular formula is C16H20ClN3O2. The number of aromatic nitrogens is 2. The highest BCUT2D eigenvalue weighted by Gasteiger charge is 2.22. The number of nitrogens with one attached hydrogen (secondary N) is 2. The summed E-state index contributed by atoms with van der Waals surface area (Å²) in [5, 5.41) is 10.3. The molecule has 1 amide bonds. The van der Waals surface area contributed by atoms with Gasteiger partial charge in [0.2, 0.25) is 0 Å². The fourth-order valence-corrected chi connectivity index (χ4v) is 2.21. The largest absolute Gasteiger partial charge is 0.439 e. The molecule has 0 fully saturated rings. The lowest BCUT2D eigenvalue weighted by Crippen LogP contribution is -2.41. The highest BCUT2D eigenvalue weighted by atomic mass is 35.5. The molecule has 0 aliphatic carbocycles. The van der Waals surface area contributed by atoms with Crippen molar-refractivity contribution in [2.45, 2.75) is 38.8 Å². The van der Waals surface area contributed by atoms with Gasteiger partial charge in [-0.15, -0.1) is 0 Å². The molecule has 0 aliphatic heterocycles. The Balaban J connectivity index is 2.12. The Bertz CT molecular complexity index is 621. The number of benzene rings is 1. The van der Waals surface area contributed by atoms with Crippen LogP contribution < -0.4 is 5.32 Å². The van der Waals surface area contributed by atoms with E-state index in [1.165, 1.54) is 0 Å². The topological polar surface area (TPSA) is 67.0 Å². The van der Waals surface area contributed by atoms with E-state index in [9.17, 15) is 4.79 Å². The third-order valence-electron chi connectivity index (χ3n) is 2.89. The van der Waals surface area contributed by atoms with Gasteiger partial charge in [0.05, 0.1) is 0 Å². The third-order valence-corrected chi connectivity index (χ3v) is 3.12. The van der Waals surface area contributed by atoms with Crippen molar-refractivity contribution < 1.29 is 9.53 Å². The summed E-state index contributed by atoms with van der Waals surface area (Å²) in [7, 11) is 0. The third kappa shape index (κ3) is 5.07. The monoisotopic (exact) mass is 321 g/mol. The van der Waals surface area contributed by atoms with Gasteiger partial charge >= 0.3 is 6.09 Å². The first-order valence-electron chi connectivity index (χ1n) is 7.06. The predicted octanol–water partition coefficient (Wildman–Crippen LogP) is 3.87. The van der Waals surface area contributed by atoms with E-state index in [-0.39, 0.29) is 5.54 Å². The van der Waals surface area contributed by atoms with Crippen LogP contribution in [0.25, 0.3) is 0 Å². The van der Waals surface area contributed by atoms with Gasteiger partial charge in [-0.3, -0.25) is 5.10 Å². The maximum Gasteiger partial charge on any atom is 0.408 e. The molecule has 22 heavy (non-hydrogen) atoms. The molecule has 0 aliphatic rings. The van der Waals surface area contributed by atoms with Crippen LogP contribution in [0.4, 0.5) is 4.79 Å². The van der Waals surface area contributed by atoms with E-state index in [1.807, 2.05) is 45.0 Å². The second kappa shape index (κ2) is 6.83. The van der Waals surface area contributed by atoms with Crippen LogP contribution in [-0.2, 0) is 11.2 Å². The number of amides is 1. The smallest absolute Gasteiger partial charge is 0.408 e. The van der Waals surface area contributed by atoms with Crippen molar-refractivity contribution in [1.82, 2.24) is 15.5 Å². The molecule has 5 nitrogen and oxygen atoms in total. The molecule has 2 aromatic rings. The van der Waals surface area contributed by atoms with Crippen LogP contribution in [-0.4, -0.2) is 21.8 Å². The molecule has 0 spiro atoms. The number of H-pyrrole nitrogens is 1. The Morgan fingerprint density at radius 2 is 2.18 bits per heavy atom. The number of alkyl carbamates (subject to hydrolysis) is 1. The lowest BCUT2D eigenvalue weighted by atomic mass is 10.1. The van der Waals surface area contributed by atoms with E-state index in [2.05, 4.69) is 15.5 Å². The lowest BCUT2D eigenvalue weighted by molar-refractivity contribution is 0.0888. The summed E-state index contributed by atoms with van der Waals surface area (Å²) >= 11 is 6.00. The average molecular weight is 322 g/mol. The van der Waals surface area contributed by atoms with E-state index in [4.69, 9.17) is 16.3 Å². The Kier molecular flexibility index (Phi) is 5.08. The standard InChI is InChI=1S/C16H20ClN3O2/c1-16(2,3)19-15(21)22-14(13-7-8-18-20-13)10-11-5-4-6-12(17)9-11/h4-9,14H,10H2,1-3H3,(H,18,20)(H,19,21)/t14-/m0/s1. The minimum atomic E-state index is -0.480. The Morgan fingerprint density at radius 1 is 1.41 bits per heavy atom. The molecule has 1 atom stereocenters. The van der Waals surface area contributed by atoms with Crippen LogP contribution in [0.15, 0.2) is 36.5 Å². The quantitative estimate of drug-likeness (QED) is 0.898. The number of hydrogen-bond donors (Lipinski definition) is 2. The summed E-state index contributed by atoms with van der Waals surface area (Å²) in [4.78, 5) is 12.0. The molecule has 2 N–H and O–H groups in total. The first kappa shape index (κ1) is 16.4. The Morgan fingerprint density at radius 3 is 2.77 bits per heavy atom. The molecule has 1 heterocycles. The number of ether oxygens (including phenoxy) is 1. The molecule has 1 aromatic carbocycles. The zero-order valence-electron chi connectivity index (χ0n) is 12.9. The van der Waals surface area contributed by atoms with Crippen LogP contribution in [0.3, 0.4) is 0 Å².